The number of aldehydes is 1. The largest absolute Gasteiger partial charge is 0.493 e. The highest BCUT2D eigenvalue weighted by molar-refractivity contribution is 5.82. The Morgan fingerprint density at radius 1 is 1.39 bits per heavy atom. The Balaban J connectivity index is 1.88. The van der Waals surface area contributed by atoms with Crippen molar-refractivity contribution in [2.24, 2.45) is 5.92 Å². The van der Waals surface area contributed by atoms with Crippen molar-refractivity contribution in [1.82, 2.24) is 0 Å². The van der Waals surface area contributed by atoms with Crippen LogP contribution in [0.2, 0.25) is 0 Å². The maximum atomic E-state index is 13.1. The van der Waals surface area contributed by atoms with Crippen LogP contribution in [0.5, 0.6) is 5.75 Å². The first-order chi connectivity index (χ1) is 8.69. The van der Waals surface area contributed by atoms with Gasteiger partial charge in [0, 0.05) is 24.0 Å². The molecular formula is C14H15FO3. The van der Waals surface area contributed by atoms with Gasteiger partial charge in [-0.05, 0) is 31.4 Å². The van der Waals surface area contributed by atoms with Crippen LogP contribution < -0.4 is 4.74 Å². The van der Waals surface area contributed by atoms with Crippen molar-refractivity contribution in [3.05, 3.63) is 29.6 Å². The van der Waals surface area contributed by atoms with Gasteiger partial charge in [-0.15, -0.1) is 0 Å². The Bertz CT molecular complexity index is 456. The Morgan fingerprint density at radius 3 is 2.89 bits per heavy atom. The predicted molar refractivity (Wildman–Crippen MR) is 64.2 cm³/mol. The zero-order valence-corrected chi connectivity index (χ0v) is 10.0. The highest BCUT2D eigenvalue weighted by Gasteiger charge is 2.23. The van der Waals surface area contributed by atoms with E-state index in [9.17, 15) is 14.0 Å². The summed E-state index contributed by atoms with van der Waals surface area (Å²) >= 11 is 0. The molecule has 96 valence electrons. The van der Waals surface area contributed by atoms with Crippen LogP contribution >= 0.6 is 0 Å². The van der Waals surface area contributed by atoms with E-state index in [4.69, 9.17) is 4.74 Å². The second kappa shape index (κ2) is 5.76. The number of hydrogen-bond acceptors (Lipinski definition) is 3. The van der Waals surface area contributed by atoms with E-state index >= 15 is 0 Å². The molecule has 3 nitrogen and oxygen atoms in total. The first kappa shape index (κ1) is 12.7. The number of hydrogen-bond donors (Lipinski definition) is 0. The molecule has 0 bridgehead atoms. The van der Waals surface area contributed by atoms with Gasteiger partial charge in [-0.2, -0.15) is 0 Å². The molecule has 0 saturated heterocycles. The van der Waals surface area contributed by atoms with E-state index in [0.717, 1.165) is 18.9 Å². The number of carbonyl (C=O) groups excluding carboxylic acids is 2. The van der Waals surface area contributed by atoms with Crippen molar-refractivity contribution >= 4 is 12.1 Å². The van der Waals surface area contributed by atoms with Gasteiger partial charge in [0.2, 0.25) is 0 Å². The van der Waals surface area contributed by atoms with Crippen LogP contribution in [0.4, 0.5) is 4.39 Å². The van der Waals surface area contributed by atoms with Gasteiger partial charge in [0.15, 0.2) is 0 Å². The van der Waals surface area contributed by atoms with E-state index in [2.05, 4.69) is 0 Å². The highest BCUT2D eigenvalue weighted by atomic mass is 19.1. The van der Waals surface area contributed by atoms with E-state index in [0.29, 0.717) is 37.3 Å². The zero-order chi connectivity index (χ0) is 13.0. The fourth-order valence-corrected chi connectivity index (χ4v) is 2.25. The molecule has 1 fully saturated rings. The minimum atomic E-state index is -0.494. The van der Waals surface area contributed by atoms with E-state index in [-0.39, 0.29) is 11.5 Å². The number of ether oxygens (including phenoxy) is 1. The summed E-state index contributed by atoms with van der Waals surface area (Å²) in [5.74, 6) is 0.226. The Morgan fingerprint density at radius 2 is 2.22 bits per heavy atom. The van der Waals surface area contributed by atoms with Crippen LogP contribution in [0.3, 0.4) is 0 Å². The minimum Gasteiger partial charge on any atom is -0.493 e. The lowest BCUT2D eigenvalue weighted by atomic mass is 10.0. The molecule has 0 heterocycles. The van der Waals surface area contributed by atoms with Crippen LogP contribution in [0, 0.1) is 11.7 Å². The summed E-state index contributed by atoms with van der Waals surface area (Å²) in [6.45, 7) is 0.373. The molecule has 18 heavy (non-hydrogen) atoms. The molecule has 1 aromatic rings. The van der Waals surface area contributed by atoms with Gasteiger partial charge in [-0.1, -0.05) is 0 Å². The van der Waals surface area contributed by atoms with E-state index in [1.54, 1.807) is 0 Å². The molecular weight excluding hydrogens is 235 g/mol. The van der Waals surface area contributed by atoms with Gasteiger partial charge >= 0.3 is 0 Å². The van der Waals surface area contributed by atoms with Crippen LogP contribution in [0.15, 0.2) is 18.2 Å². The lowest BCUT2D eigenvalue weighted by Gasteiger charge is -2.10. The lowest BCUT2D eigenvalue weighted by molar-refractivity contribution is -0.121. The summed E-state index contributed by atoms with van der Waals surface area (Å²) in [6, 6.07) is 3.89. The molecule has 0 aromatic heterocycles. The maximum absolute atomic E-state index is 13.1. The van der Waals surface area contributed by atoms with Gasteiger partial charge in [-0.25, -0.2) is 4.39 Å². The number of carbonyl (C=O) groups is 2. The zero-order valence-electron chi connectivity index (χ0n) is 10.0. The summed E-state index contributed by atoms with van der Waals surface area (Å²) < 4.78 is 18.5. The average Bonchev–Trinajstić information content (AvgIpc) is 2.74. The van der Waals surface area contributed by atoms with Gasteiger partial charge in [0.05, 0.1) is 6.61 Å². The van der Waals surface area contributed by atoms with Crippen molar-refractivity contribution in [3.8, 4) is 5.75 Å². The number of halogens is 1. The fraction of sp³-hybridized carbons (Fsp3) is 0.429. The number of benzene rings is 1. The standard InChI is InChI=1S/C14H15FO3/c15-12-6-10(9-16)7-13(8-12)18-5-4-11-2-1-3-14(11)17/h6-9,11H,1-5H2. The first-order valence-electron chi connectivity index (χ1n) is 6.10. The Kier molecular flexibility index (Phi) is 4.07. The monoisotopic (exact) mass is 250 g/mol. The third-order valence-corrected chi connectivity index (χ3v) is 3.20. The quantitative estimate of drug-likeness (QED) is 0.755. The SMILES string of the molecule is O=Cc1cc(F)cc(OCCC2CCCC2=O)c1. The van der Waals surface area contributed by atoms with Crippen LogP contribution in [-0.2, 0) is 4.79 Å². The molecule has 1 unspecified atom stereocenters. The predicted octanol–water partition coefficient (Wildman–Crippen LogP) is 2.78. The summed E-state index contributed by atoms with van der Waals surface area (Å²) in [6.07, 6.45) is 3.78. The van der Waals surface area contributed by atoms with Gasteiger partial charge in [0.1, 0.15) is 23.6 Å². The molecule has 0 amide bonds. The van der Waals surface area contributed by atoms with Crippen molar-refractivity contribution in [3.63, 3.8) is 0 Å². The van der Waals surface area contributed by atoms with Crippen molar-refractivity contribution in [2.45, 2.75) is 25.7 Å². The van der Waals surface area contributed by atoms with Crippen LogP contribution in [0.25, 0.3) is 0 Å². The summed E-state index contributed by atoms with van der Waals surface area (Å²) in [5, 5.41) is 0. The second-order valence-corrected chi connectivity index (χ2v) is 4.53. The minimum absolute atomic E-state index is 0.0871. The normalized spacial score (nSPS) is 18.9. The maximum Gasteiger partial charge on any atom is 0.150 e. The summed E-state index contributed by atoms with van der Waals surface area (Å²) in [5.41, 5.74) is 0.252. The molecule has 4 heteroatoms. The molecule has 1 saturated carbocycles. The molecule has 1 aromatic carbocycles. The number of ketones is 1. The molecule has 1 aliphatic rings. The fourth-order valence-electron chi connectivity index (χ4n) is 2.25. The van der Waals surface area contributed by atoms with Crippen molar-refractivity contribution < 1.29 is 18.7 Å². The molecule has 1 aliphatic carbocycles. The highest BCUT2D eigenvalue weighted by Crippen LogP contribution is 2.24. The van der Waals surface area contributed by atoms with Gasteiger partial charge in [0.25, 0.3) is 0 Å². The molecule has 0 aliphatic heterocycles. The van der Waals surface area contributed by atoms with E-state index in [1.165, 1.54) is 12.1 Å². The average molecular weight is 250 g/mol. The molecule has 0 radical (unpaired) electrons. The van der Waals surface area contributed by atoms with Crippen LogP contribution in [0.1, 0.15) is 36.0 Å². The smallest absolute Gasteiger partial charge is 0.150 e. The Hall–Kier alpha value is -1.71. The lowest BCUT2D eigenvalue weighted by Crippen LogP contribution is -2.11. The third-order valence-electron chi connectivity index (χ3n) is 3.20. The van der Waals surface area contributed by atoms with E-state index in [1.807, 2.05) is 0 Å². The third kappa shape index (κ3) is 3.15. The molecule has 2 rings (SSSR count). The summed E-state index contributed by atoms with van der Waals surface area (Å²) in [7, 11) is 0. The first-order valence-corrected chi connectivity index (χ1v) is 6.10. The topological polar surface area (TPSA) is 43.4 Å². The van der Waals surface area contributed by atoms with Crippen molar-refractivity contribution in [1.29, 1.82) is 0 Å². The number of Topliss-reactive ketones (excluding diaryl/α,β-unsaturated/α-hetero) is 1. The second-order valence-electron chi connectivity index (χ2n) is 4.53. The van der Waals surface area contributed by atoms with Crippen LogP contribution in [-0.4, -0.2) is 18.7 Å². The van der Waals surface area contributed by atoms with E-state index < -0.39 is 5.82 Å². The molecule has 0 N–H and O–H groups in total. The van der Waals surface area contributed by atoms with Crippen molar-refractivity contribution in [2.75, 3.05) is 6.61 Å². The Labute approximate surface area is 105 Å². The molecule has 0 spiro atoms. The number of rotatable bonds is 5. The summed E-state index contributed by atoms with van der Waals surface area (Å²) in [4.78, 5) is 22.0. The van der Waals surface area contributed by atoms with Gasteiger partial charge < -0.3 is 4.74 Å². The van der Waals surface area contributed by atoms with Gasteiger partial charge in [-0.3, -0.25) is 9.59 Å². The molecule has 1 atom stereocenters.